The fraction of sp³-hybridized carbons (Fsp3) is 0.238. The topological polar surface area (TPSA) is 125 Å². The molecular weight excluding hydrogens is 404 g/mol. The molecule has 1 heterocycles. The standard InChI is InChI=1S/C21H22N4O4S/c1-2-10-25-17-8-7-15(12-16(17)18(19(25)26)23-24-21(22)29)30-11-9-13-3-5-14(6-4-13)20(27)28/h3-8,12H,2,9-11H2,1H3,(H,27,28)(H3,22,24,29)/b23-18+. The van der Waals surface area contributed by atoms with Crippen LogP contribution in [-0.4, -0.2) is 41.0 Å². The molecule has 0 spiro atoms. The van der Waals surface area contributed by atoms with Gasteiger partial charge in [-0.05, 0) is 48.7 Å². The summed E-state index contributed by atoms with van der Waals surface area (Å²) >= 11 is 1.62. The van der Waals surface area contributed by atoms with Gasteiger partial charge in [0.2, 0.25) is 0 Å². The maximum atomic E-state index is 12.7. The third kappa shape index (κ3) is 4.80. The average Bonchev–Trinajstić information content (AvgIpc) is 2.97. The minimum Gasteiger partial charge on any atom is -0.478 e. The number of carboxylic acid groups (broad SMARTS) is 1. The van der Waals surface area contributed by atoms with E-state index in [1.807, 2.05) is 37.3 Å². The summed E-state index contributed by atoms with van der Waals surface area (Å²) in [6, 6.07) is 11.7. The van der Waals surface area contributed by atoms with Crippen LogP contribution >= 0.6 is 11.8 Å². The number of benzene rings is 2. The Labute approximate surface area is 178 Å². The monoisotopic (exact) mass is 426 g/mol. The molecule has 0 saturated heterocycles. The van der Waals surface area contributed by atoms with E-state index in [1.165, 1.54) is 0 Å². The first-order chi connectivity index (χ1) is 14.4. The van der Waals surface area contributed by atoms with Crippen LogP contribution in [0.4, 0.5) is 10.5 Å². The van der Waals surface area contributed by atoms with Crippen molar-refractivity contribution in [2.75, 3.05) is 17.2 Å². The second-order valence-corrected chi connectivity index (χ2v) is 7.84. The Bertz CT molecular complexity index is 1000. The highest BCUT2D eigenvalue weighted by Crippen LogP contribution is 2.33. The van der Waals surface area contributed by atoms with Crippen molar-refractivity contribution in [3.05, 3.63) is 59.2 Å². The minimum atomic E-state index is -0.941. The molecule has 2 aromatic carbocycles. The fourth-order valence-electron chi connectivity index (χ4n) is 3.15. The van der Waals surface area contributed by atoms with E-state index in [0.29, 0.717) is 12.1 Å². The van der Waals surface area contributed by atoms with Crippen molar-refractivity contribution >= 4 is 41.1 Å². The number of nitrogens with two attached hydrogens (primary N) is 1. The summed E-state index contributed by atoms with van der Waals surface area (Å²) in [6.07, 6.45) is 1.56. The number of rotatable bonds is 8. The number of hydrogen-bond donors (Lipinski definition) is 3. The number of hydrogen-bond acceptors (Lipinski definition) is 5. The van der Waals surface area contributed by atoms with Crippen LogP contribution in [0.3, 0.4) is 0 Å². The first kappa shape index (κ1) is 21.4. The lowest BCUT2D eigenvalue weighted by atomic mass is 10.1. The van der Waals surface area contributed by atoms with Crippen LogP contribution < -0.4 is 16.1 Å². The first-order valence-electron chi connectivity index (χ1n) is 9.45. The molecule has 0 bridgehead atoms. The van der Waals surface area contributed by atoms with Crippen LogP contribution in [0.5, 0.6) is 0 Å². The molecule has 0 aliphatic carbocycles. The SMILES string of the molecule is CCCN1C(=O)/C(=N/NC(N)=O)c2cc(SCCc3ccc(C(=O)O)cc3)ccc21. The van der Waals surface area contributed by atoms with Crippen LogP contribution in [0.2, 0.25) is 0 Å². The second kappa shape index (κ2) is 9.45. The molecule has 0 atom stereocenters. The highest BCUT2D eigenvalue weighted by molar-refractivity contribution is 7.99. The van der Waals surface area contributed by atoms with Crippen molar-refractivity contribution in [1.82, 2.24) is 5.43 Å². The number of aryl methyl sites for hydroxylation is 1. The van der Waals surface area contributed by atoms with Crippen molar-refractivity contribution in [1.29, 1.82) is 0 Å². The molecular formula is C21H22N4O4S. The highest BCUT2D eigenvalue weighted by Gasteiger charge is 2.34. The number of hydrazone groups is 1. The molecule has 3 amide bonds. The van der Waals surface area contributed by atoms with Crippen LogP contribution in [0.15, 0.2) is 52.5 Å². The van der Waals surface area contributed by atoms with Gasteiger partial charge in [0.15, 0.2) is 5.71 Å². The number of urea groups is 1. The number of aromatic carboxylic acids is 1. The van der Waals surface area contributed by atoms with E-state index >= 15 is 0 Å². The number of carbonyl (C=O) groups excluding carboxylic acids is 2. The molecule has 0 unspecified atom stereocenters. The Morgan fingerprint density at radius 2 is 1.93 bits per heavy atom. The van der Waals surface area contributed by atoms with Crippen molar-refractivity contribution in [2.24, 2.45) is 10.8 Å². The molecule has 1 aliphatic rings. The highest BCUT2D eigenvalue weighted by atomic mass is 32.2. The van der Waals surface area contributed by atoms with Gasteiger partial charge in [0.25, 0.3) is 5.91 Å². The van der Waals surface area contributed by atoms with Crippen LogP contribution in [0.1, 0.15) is 34.8 Å². The summed E-state index contributed by atoms with van der Waals surface area (Å²) in [5.41, 5.74) is 10.1. The van der Waals surface area contributed by atoms with Gasteiger partial charge in [0, 0.05) is 22.8 Å². The molecule has 9 heteroatoms. The largest absolute Gasteiger partial charge is 0.478 e. The molecule has 0 aromatic heterocycles. The van der Waals surface area contributed by atoms with E-state index in [1.54, 1.807) is 28.8 Å². The Hall–Kier alpha value is -3.33. The van der Waals surface area contributed by atoms with Gasteiger partial charge in [-0.25, -0.2) is 15.0 Å². The molecule has 1 aliphatic heterocycles. The van der Waals surface area contributed by atoms with Gasteiger partial charge in [0.05, 0.1) is 11.3 Å². The Balaban J connectivity index is 1.73. The van der Waals surface area contributed by atoms with Crippen molar-refractivity contribution in [3.63, 3.8) is 0 Å². The van der Waals surface area contributed by atoms with Crippen molar-refractivity contribution in [3.8, 4) is 0 Å². The lowest BCUT2D eigenvalue weighted by Crippen LogP contribution is -2.33. The number of amides is 3. The van der Waals surface area contributed by atoms with Crippen LogP contribution in [0, 0.1) is 0 Å². The number of anilines is 1. The normalized spacial score (nSPS) is 14.1. The molecule has 0 fully saturated rings. The maximum absolute atomic E-state index is 12.7. The predicted molar refractivity (Wildman–Crippen MR) is 116 cm³/mol. The summed E-state index contributed by atoms with van der Waals surface area (Å²) in [6.45, 7) is 2.54. The summed E-state index contributed by atoms with van der Waals surface area (Å²) in [5.74, 6) is -0.422. The summed E-state index contributed by atoms with van der Waals surface area (Å²) < 4.78 is 0. The number of carbonyl (C=O) groups is 3. The molecule has 30 heavy (non-hydrogen) atoms. The minimum absolute atomic E-state index is 0.170. The molecule has 0 radical (unpaired) electrons. The van der Waals surface area contributed by atoms with E-state index < -0.39 is 12.0 Å². The van der Waals surface area contributed by atoms with E-state index in [-0.39, 0.29) is 17.2 Å². The zero-order valence-electron chi connectivity index (χ0n) is 16.4. The second-order valence-electron chi connectivity index (χ2n) is 6.67. The molecule has 8 nitrogen and oxygen atoms in total. The van der Waals surface area contributed by atoms with Crippen molar-refractivity contribution in [2.45, 2.75) is 24.7 Å². The lowest BCUT2D eigenvalue weighted by molar-refractivity contribution is -0.112. The van der Waals surface area contributed by atoms with Gasteiger partial charge < -0.3 is 15.7 Å². The Morgan fingerprint density at radius 1 is 1.20 bits per heavy atom. The van der Waals surface area contributed by atoms with Gasteiger partial charge >= 0.3 is 12.0 Å². The van der Waals surface area contributed by atoms with Gasteiger partial charge in [-0.3, -0.25) is 4.79 Å². The third-order valence-corrected chi connectivity index (χ3v) is 5.54. The van der Waals surface area contributed by atoms with Gasteiger partial charge in [-0.2, -0.15) is 5.10 Å². The summed E-state index contributed by atoms with van der Waals surface area (Å²) in [7, 11) is 0. The maximum Gasteiger partial charge on any atom is 0.335 e. The van der Waals surface area contributed by atoms with E-state index in [0.717, 1.165) is 34.7 Å². The molecule has 0 saturated carbocycles. The average molecular weight is 426 g/mol. The van der Waals surface area contributed by atoms with Crippen molar-refractivity contribution < 1.29 is 19.5 Å². The zero-order chi connectivity index (χ0) is 21.7. The van der Waals surface area contributed by atoms with Crippen LogP contribution in [0.25, 0.3) is 0 Å². The molecule has 2 aromatic rings. The molecule has 156 valence electrons. The van der Waals surface area contributed by atoms with E-state index in [9.17, 15) is 14.4 Å². The third-order valence-electron chi connectivity index (χ3n) is 4.55. The van der Waals surface area contributed by atoms with E-state index in [4.69, 9.17) is 10.8 Å². The van der Waals surface area contributed by atoms with Gasteiger partial charge in [-0.15, -0.1) is 11.8 Å². The Morgan fingerprint density at radius 3 is 2.57 bits per heavy atom. The quantitative estimate of drug-likeness (QED) is 0.442. The van der Waals surface area contributed by atoms with Gasteiger partial charge in [-0.1, -0.05) is 19.1 Å². The smallest absolute Gasteiger partial charge is 0.335 e. The number of primary amides is 1. The number of carboxylic acids is 1. The van der Waals surface area contributed by atoms with Gasteiger partial charge in [0.1, 0.15) is 0 Å². The predicted octanol–water partition coefficient (Wildman–Crippen LogP) is 2.85. The van der Waals surface area contributed by atoms with E-state index in [2.05, 4.69) is 10.5 Å². The molecule has 3 rings (SSSR count). The summed E-state index contributed by atoms with van der Waals surface area (Å²) in [5, 5.41) is 12.9. The first-order valence-corrected chi connectivity index (χ1v) is 10.4. The number of fused-ring (bicyclic) bond motifs is 1. The lowest BCUT2D eigenvalue weighted by Gasteiger charge is -2.15. The number of thioether (sulfide) groups is 1. The zero-order valence-corrected chi connectivity index (χ0v) is 17.2. The number of nitrogens with one attached hydrogen (secondary N) is 1. The Kier molecular flexibility index (Phi) is 6.73. The summed E-state index contributed by atoms with van der Waals surface area (Å²) in [4.78, 5) is 37.3. The fourth-order valence-corrected chi connectivity index (χ4v) is 4.09. The number of nitrogens with zero attached hydrogens (tertiary/aromatic N) is 2. The van der Waals surface area contributed by atoms with Crippen LogP contribution in [-0.2, 0) is 11.2 Å². The molecule has 4 N–H and O–H groups in total.